The van der Waals surface area contributed by atoms with E-state index in [-0.39, 0.29) is 24.1 Å². The number of hydrogen-bond donors (Lipinski definition) is 1. The van der Waals surface area contributed by atoms with Crippen LogP contribution in [0.3, 0.4) is 0 Å². The van der Waals surface area contributed by atoms with Gasteiger partial charge in [0.05, 0.1) is 31.9 Å². The number of aromatic nitrogens is 3. The number of hydrogen-bond acceptors (Lipinski definition) is 6. The van der Waals surface area contributed by atoms with Crippen LogP contribution in [0.2, 0.25) is 0 Å². The van der Waals surface area contributed by atoms with Gasteiger partial charge < -0.3 is 9.47 Å². The van der Waals surface area contributed by atoms with E-state index in [2.05, 4.69) is 30.7 Å². The zero-order valence-electron chi connectivity index (χ0n) is 21.7. The lowest BCUT2D eigenvalue weighted by Crippen LogP contribution is -2.51. The van der Waals surface area contributed by atoms with Gasteiger partial charge in [0, 0.05) is 6.54 Å². The Morgan fingerprint density at radius 2 is 1.67 bits per heavy atom. The number of carbonyl (C=O) groups is 1. The minimum absolute atomic E-state index is 0.0271. The smallest absolute Gasteiger partial charge is 0.335 e. The van der Waals surface area contributed by atoms with Gasteiger partial charge in [0.1, 0.15) is 5.75 Å². The molecule has 1 atom stereocenters. The summed E-state index contributed by atoms with van der Waals surface area (Å²) >= 11 is 0. The Morgan fingerprint density at radius 1 is 1.03 bits per heavy atom. The van der Waals surface area contributed by atoms with E-state index in [9.17, 15) is 14.4 Å². The van der Waals surface area contributed by atoms with Gasteiger partial charge in [-0.1, -0.05) is 57.5 Å². The minimum Gasteiger partial charge on any atom is -0.493 e. The molecule has 0 aliphatic rings. The third kappa shape index (κ3) is 7.07. The van der Waals surface area contributed by atoms with Gasteiger partial charge in [0.15, 0.2) is 0 Å². The van der Waals surface area contributed by atoms with E-state index >= 15 is 0 Å². The molecule has 192 valence electrons. The first-order valence-electron chi connectivity index (χ1n) is 11.8. The predicted octanol–water partition coefficient (Wildman–Crippen LogP) is 3.16. The zero-order chi connectivity index (χ0) is 26.5. The van der Waals surface area contributed by atoms with Gasteiger partial charge in [0.2, 0.25) is 5.62 Å². The van der Waals surface area contributed by atoms with Crippen molar-refractivity contribution in [2.75, 3.05) is 13.7 Å². The SMILES string of the molecule is COC(=O)[C@@H](C)Cn1c(=O)[nH]/c(=N\c2ccc(OCC(C)(C)C)cc2)n(Cc2ccc(C)cc2)c1=O. The molecular weight excluding hydrogens is 460 g/mol. The van der Waals surface area contributed by atoms with Crippen LogP contribution in [0.25, 0.3) is 0 Å². The van der Waals surface area contributed by atoms with Crippen molar-refractivity contribution in [3.63, 3.8) is 0 Å². The van der Waals surface area contributed by atoms with Crippen LogP contribution < -0.4 is 21.7 Å². The molecule has 1 N–H and O–H groups in total. The Bertz CT molecular complexity index is 1370. The molecule has 0 bridgehead atoms. The second-order valence-corrected chi connectivity index (χ2v) is 10.1. The summed E-state index contributed by atoms with van der Waals surface area (Å²) in [6.45, 7) is 10.5. The highest BCUT2D eigenvalue weighted by Gasteiger charge is 2.18. The molecule has 0 unspecified atom stereocenters. The normalized spacial score (nSPS) is 12.9. The summed E-state index contributed by atoms with van der Waals surface area (Å²) in [5.74, 6) is -0.476. The van der Waals surface area contributed by atoms with E-state index in [4.69, 9.17) is 9.47 Å². The van der Waals surface area contributed by atoms with Gasteiger partial charge in [-0.05, 0) is 42.2 Å². The van der Waals surface area contributed by atoms with Crippen LogP contribution in [-0.2, 0) is 22.6 Å². The number of nitrogens with one attached hydrogen (secondary N) is 1. The minimum atomic E-state index is -0.676. The lowest BCUT2D eigenvalue weighted by Gasteiger charge is -2.18. The molecule has 36 heavy (non-hydrogen) atoms. The number of methoxy groups -OCH3 is 1. The molecule has 0 fully saturated rings. The average Bonchev–Trinajstić information content (AvgIpc) is 2.83. The van der Waals surface area contributed by atoms with Gasteiger partial charge >= 0.3 is 17.3 Å². The Balaban J connectivity index is 2.05. The summed E-state index contributed by atoms with van der Waals surface area (Å²) in [4.78, 5) is 45.4. The van der Waals surface area contributed by atoms with Crippen molar-refractivity contribution in [1.82, 2.24) is 14.1 Å². The zero-order valence-corrected chi connectivity index (χ0v) is 21.7. The van der Waals surface area contributed by atoms with E-state index in [1.54, 1.807) is 31.2 Å². The van der Waals surface area contributed by atoms with Gasteiger partial charge in [0.25, 0.3) is 0 Å². The summed E-state index contributed by atoms with van der Waals surface area (Å²) in [6, 6.07) is 14.9. The highest BCUT2D eigenvalue weighted by Crippen LogP contribution is 2.20. The maximum atomic E-state index is 13.4. The number of rotatable bonds is 8. The number of aromatic amines is 1. The van der Waals surface area contributed by atoms with Gasteiger partial charge in [-0.15, -0.1) is 0 Å². The number of ether oxygens (including phenoxy) is 2. The lowest BCUT2D eigenvalue weighted by molar-refractivity contribution is -0.145. The van der Waals surface area contributed by atoms with Crippen molar-refractivity contribution in [3.8, 4) is 5.75 Å². The van der Waals surface area contributed by atoms with E-state index in [0.29, 0.717) is 18.0 Å². The second kappa shape index (κ2) is 11.2. The highest BCUT2D eigenvalue weighted by molar-refractivity contribution is 5.71. The molecule has 0 spiro atoms. The molecule has 9 heteroatoms. The van der Waals surface area contributed by atoms with Crippen LogP contribution >= 0.6 is 0 Å². The van der Waals surface area contributed by atoms with Crippen LogP contribution in [0.1, 0.15) is 38.8 Å². The van der Waals surface area contributed by atoms with Crippen molar-refractivity contribution < 1.29 is 14.3 Å². The molecule has 0 amide bonds. The number of H-pyrrole nitrogens is 1. The quantitative estimate of drug-likeness (QED) is 0.484. The van der Waals surface area contributed by atoms with E-state index < -0.39 is 23.3 Å². The Hall–Kier alpha value is -3.88. The third-order valence-corrected chi connectivity index (χ3v) is 5.45. The molecule has 1 heterocycles. The molecule has 1 aromatic heterocycles. The Labute approximate surface area is 210 Å². The fraction of sp³-hybridized carbons (Fsp3) is 0.407. The molecule has 3 aromatic rings. The van der Waals surface area contributed by atoms with Gasteiger partial charge in [-0.2, -0.15) is 0 Å². The first-order chi connectivity index (χ1) is 17.0. The summed E-state index contributed by atoms with van der Waals surface area (Å²) in [7, 11) is 1.27. The highest BCUT2D eigenvalue weighted by atomic mass is 16.5. The van der Waals surface area contributed by atoms with Crippen molar-refractivity contribution >= 4 is 11.7 Å². The first kappa shape index (κ1) is 26.7. The number of esters is 1. The van der Waals surface area contributed by atoms with E-state index in [0.717, 1.165) is 15.7 Å². The molecule has 0 saturated carbocycles. The molecule has 3 rings (SSSR count). The van der Waals surface area contributed by atoms with Gasteiger partial charge in [-0.25, -0.2) is 19.1 Å². The molecule has 0 aliphatic carbocycles. The fourth-order valence-electron chi connectivity index (χ4n) is 3.41. The number of nitrogens with zero attached hydrogens (tertiary/aromatic N) is 3. The molecule has 0 saturated heterocycles. The predicted molar refractivity (Wildman–Crippen MR) is 137 cm³/mol. The van der Waals surface area contributed by atoms with Gasteiger partial charge in [-0.3, -0.25) is 14.3 Å². The second-order valence-electron chi connectivity index (χ2n) is 10.1. The molecule has 2 aromatic carbocycles. The lowest BCUT2D eigenvalue weighted by atomic mass is 9.99. The van der Waals surface area contributed by atoms with Crippen LogP contribution in [0.4, 0.5) is 5.69 Å². The van der Waals surface area contributed by atoms with Crippen LogP contribution in [0, 0.1) is 18.3 Å². The Morgan fingerprint density at radius 3 is 2.25 bits per heavy atom. The largest absolute Gasteiger partial charge is 0.493 e. The first-order valence-corrected chi connectivity index (χ1v) is 11.8. The summed E-state index contributed by atoms with van der Waals surface area (Å²) in [5.41, 5.74) is 1.42. The number of aryl methyl sites for hydroxylation is 1. The van der Waals surface area contributed by atoms with Crippen molar-refractivity contribution in [2.24, 2.45) is 16.3 Å². The van der Waals surface area contributed by atoms with Crippen LogP contribution in [-0.4, -0.2) is 33.8 Å². The topological polar surface area (TPSA) is 108 Å². The fourth-order valence-corrected chi connectivity index (χ4v) is 3.41. The number of benzene rings is 2. The maximum Gasteiger partial charge on any atom is 0.335 e. The van der Waals surface area contributed by atoms with Crippen molar-refractivity contribution in [1.29, 1.82) is 0 Å². The Kier molecular flexibility index (Phi) is 8.34. The van der Waals surface area contributed by atoms with E-state index in [1.807, 2.05) is 31.2 Å². The summed E-state index contributed by atoms with van der Waals surface area (Å²) < 4.78 is 12.9. The van der Waals surface area contributed by atoms with E-state index in [1.165, 1.54) is 11.7 Å². The number of carbonyl (C=O) groups excluding carboxylic acids is 1. The molecule has 0 aliphatic heterocycles. The third-order valence-electron chi connectivity index (χ3n) is 5.45. The summed E-state index contributed by atoms with van der Waals surface area (Å²) in [6.07, 6.45) is 0. The monoisotopic (exact) mass is 494 g/mol. The van der Waals surface area contributed by atoms with Crippen LogP contribution in [0.5, 0.6) is 5.75 Å². The molecular formula is C27H34N4O5. The average molecular weight is 495 g/mol. The molecule has 9 nitrogen and oxygen atoms in total. The standard InChI is InChI=1S/C27H34N4O5/c1-18-7-9-20(10-8-18)16-30-24(28-21-11-13-22(14-12-21)36-17-27(3,4)5)29-25(33)31(26(30)34)15-19(2)23(32)35-6/h7-14,19H,15-17H2,1-6H3,(H,28,29,33)/t19-/m0/s1. The summed E-state index contributed by atoms with van der Waals surface area (Å²) in [5, 5.41) is 0. The maximum absolute atomic E-state index is 13.4. The van der Waals surface area contributed by atoms with Crippen molar-refractivity contribution in [2.45, 2.75) is 47.7 Å². The molecule has 0 radical (unpaired) electrons. The van der Waals surface area contributed by atoms with Crippen LogP contribution in [0.15, 0.2) is 63.1 Å². The van der Waals surface area contributed by atoms with Crippen molar-refractivity contribution in [3.05, 3.63) is 86.2 Å².